The van der Waals surface area contributed by atoms with Gasteiger partial charge in [0, 0.05) is 31.3 Å². The maximum atomic E-state index is 12.9. The number of nitrogens with one attached hydrogen (secondary N) is 1. The van der Waals surface area contributed by atoms with Crippen molar-refractivity contribution in [2.45, 2.75) is 32.6 Å². The molecule has 1 saturated heterocycles. The molecule has 7 heteroatoms. The van der Waals surface area contributed by atoms with Crippen LogP contribution in [0.1, 0.15) is 46.5 Å². The highest BCUT2D eigenvalue weighted by Gasteiger charge is 2.28. The highest BCUT2D eigenvalue weighted by Crippen LogP contribution is 2.27. The minimum Gasteiger partial charge on any atom is -0.337 e. The second-order valence-corrected chi connectivity index (χ2v) is 6.80. The fourth-order valence-electron chi connectivity index (χ4n) is 3.66. The van der Waals surface area contributed by atoms with Crippen LogP contribution in [0.25, 0.3) is 5.65 Å². The molecule has 26 heavy (non-hydrogen) atoms. The Morgan fingerprint density at radius 2 is 1.96 bits per heavy atom. The van der Waals surface area contributed by atoms with Gasteiger partial charge in [-0.2, -0.15) is 0 Å². The number of hydrogen-bond donors (Lipinski definition) is 1. The van der Waals surface area contributed by atoms with E-state index >= 15 is 0 Å². The van der Waals surface area contributed by atoms with Gasteiger partial charge in [-0.05, 0) is 38.8 Å². The Kier molecular flexibility index (Phi) is 4.06. The number of imidazole rings is 1. The third-order valence-corrected chi connectivity index (χ3v) is 5.05. The number of carbonyl (C=O) groups is 1. The van der Waals surface area contributed by atoms with Gasteiger partial charge in [0.15, 0.2) is 0 Å². The van der Waals surface area contributed by atoms with Crippen molar-refractivity contribution < 1.29 is 4.79 Å². The molecule has 4 rings (SSSR count). The molecule has 134 valence electrons. The molecule has 4 heterocycles. The van der Waals surface area contributed by atoms with Crippen molar-refractivity contribution in [2.24, 2.45) is 0 Å². The molecule has 3 aromatic heterocycles. The highest BCUT2D eigenvalue weighted by molar-refractivity contribution is 5.94. The van der Waals surface area contributed by atoms with Gasteiger partial charge in [-0.25, -0.2) is 9.97 Å². The zero-order valence-electron chi connectivity index (χ0n) is 14.9. The average molecular weight is 351 g/mol. The topological polar surface area (TPSA) is 83.4 Å². The summed E-state index contributed by atoms with van der Waals surface area (Å²) < 4.78 is 1.93. The molecule has 1 aliphatic rings. The van der Waals surface area contributed by atoms with E-state index in [1.54, 1.807) is 13.0 Å². The predicted molar refractivity (Wildman–Crippen MR) is 97.4 cm³/mol. The Morgan fingerprint density at radius 1 is 1.19 bits per heavy atom. The van der Waals surface area contributed by atoms with E-state index in [4.69, 9.17) is 0 Å². The van der Waals surface area contributed by atoms with Crippen molar-refractivity contribution >= 4 is 11.6 Å². The predicted octanol–water partition coefficient (Wildman–Crippen LogP) is 2.05. The number of aryl methyl sites for hydroxylation is 2. The molecule has 0 aromatic carbocycles. The first-order valence-corrected chi connectivity index (χ1v) is 8.84. The summed E-state index contributed by atoms with van der Waals surface area (Å²) in [6.45, 7) is 4.99. The standard InChI is InChI=1S/C19H21N5O2/c1-12-18(22-16-5-3-4-8-24(12)16)19(26)23-9-6-14(7-10-23)15-11-17(25)21-13(2)20-15/h3-5,8,11,14H,6-7,9-10H2,1-2H3,(H,20,21,25). The number of likely N-dealkylation sites (tertiary alicyclic amines) is 1. The van der Waals surface area contributed by atoms with E-state index in [2.05, 4.69) is 15.0 Å². The van der Waals surface area contributed by atoms with Gasteiger partial charge in [0.05, 0.1) is 11.4 Å². The van der Waals surface area contributed by atoms with Crippen LogP contribution in [0.15, 0.2) is 35.3 Å². The van der Waals surface area contributed by atoms with Gasteiger partial charge in [0.2, 0.25) is 0 Å². The number of H-pyrrole nitrogens is 1. The van der Waals surface area contributed by atoms with Gasteiger partial charge in [0.25, 0.3) is 11.5 Å². The van der Waals surface area contributed by atoms with Gasteiger partial charge in [-0.3, -0.25) is 9.59 Å². The molecule has 1 amide bonds. The monoisotopic (exact) mass is 351 g/mol. The van der Waals surface area contributed by atoms with Crippen LogP contribution in [0.2, 0.25) is 0 Å². The van der Waals surface area contributed by atoms with Crippen LogP contribution in [0, 0.1) is 13.8 Å². The summed E-state index contributed by atoms with van der Waals surface area (Å²) in [7, 11) is 0. The van der Waals surface area contributed by atoms with Gasteiger partial charge in [-0.15, -0.1) is 0 Å². The van der Waals surface area contributed by atoms with E-state index in [0.717, 1.165) is 29.9 Å². The molecule has 7 nitrogen and oxygen atoms in total. The number of fused-ring (bicyclic) bond motifs is 1. The Balaban J connectivity index is 1.51. The molecule has 0 unspecified atom stereocenters. The molecular formula is C19H21N5O2. The van der Waals surface area contributed by atoms with E-state index in [9.17, 15) is 9.59 Å². The molecule has 1 aliphatic heterocycles. The Morgan fingerprint density at radius 3 is 2.65 bits per heavy atom. The van der Waals surface area contributed by atoms with E-state index in [-0.39, 0.29) is 17.4 Å². The lowest BCUT2D eigenvalue weighted by Crippen LogP contribution is -2.38. The number of carbonyl (C=O) groups excluding carboxylic acids is 1. The van der Waals surface area contributed by atoms with E-state index < -0.39 is 0 Å². The summed E-state index contributed by atoms with van der Waals surface area (Å²) in [5.74, 6) is 0.813. The van der Waals surface area contributed by atoms with Crippen LogP contribution in [0.3, 0.4) is 0 Å². The average Bonchev–Trinajstić information content (AvgIpc) is 2.97. The molecule has 0 spiro atoms. The first-order valence-electron chi connectivity index (χ1n) is 8.84. The van der Waals surface area contributed by atoms with Crippen LogP contribution in [-0.2, 0) is 0 Å². The minimum absolute atomic E-state index is 0.0281. The van der Waals surface area contributed by atoms with Gasteiger partial charge in [0.1, 0.15) is 17.2 Å². The molecule has 1 fully saturated rings. The Labute approximate surface area is 150 Å². The van der Waals surface area contributed by atoms with Gasteiger partial charge in [-0.1, -0.05) is 6.07 Å². The fourth-order valence-corrected chi connectivity index (χ4v) is 3.66. The third-order valence-electron chi connectivity index (χ3n) is 5.05. The lowest BCUT2D eigenvalue weighted by atomic mass is 9.93. The quantitative estimate of drug-likeness (QED) is 0.766. The van der Waals surface area contributed by atoms with Crippen LogP contribution in [0.4, 0.5) is 0 Å². The molecule has 0 radical (unpaired) electrons. The molecule has 0 aliphatic carbocycles. The smallest absolute Gasteiger partial charge is 0.274 e. The fraction of sp³-hybridized carbons (Fsp3) is 0.368. The normalized spacial score (nSPS) is 15.5. The van der Waals surface area contributed by atoms with Crippen LogP contribution in [-0.4, -0.2) is 43.2 Å². The largest absolute Gasteiger partial charge is 0.337 e. The molecule has 3 aromatic rings. The number of pyridine rings is 1. The lowest BCUT2D eigenvalue weighted by Gasteiger charge is -2.31. The minimum atomic E-state index is -0.119. The van der Waals surface area contributed by atoms with Crippen molar-refractivity contribution in [3.8, 4) is 0 Å². The van der Waals surface area contributed by atoms with E-state index in [1.165, 1.54) is 0 Å². The lowest BCUT2D eigenvalue weighted by molar-refractivity contribution is 0.0706. The van der Waals surface area contributed by atoms with Crippen LogP contribution < -0.4 is 5.56 Å². The zero-order chi connectivity index (χ0) is 18.3. The maximum Gasteiger partial charge on any atom is 0.274 e. The summed E-state index contributed by atoms with van der Waals surface area (Å²) in [6, 6.07) is 7.31. The summed E-state index contributed by atoms with van der Waals surface area (Å²) in [5, 5.41) is 0. The van der Waals surface area contributed by atoms with Crippen LogP contribution in [0.5, 0.6) is 0 Å². The molecule has 0 saturated carbocycles. The van der Waals surface area contributed by atoms with Crippen molar-refractivity contribution in [3.05, 3.63) is 63.7 Å². The number of aromatic nitrogens is 4. The number of hydrogen-bond acceptors (Lipinski definition) is 4. The van der Waals surface area contributed by atoms with Gasteiger partial charge >= 0.3 is 0 Å². The van der Waals surface area contributed by atoms with Crippen molar-refractivity contribution in [3.63, 3.8) is 0 Å². The summed E-state index contributed by atoms with van der Waals surface area (Å²) in [4.78, 5) is 38.1. The van der Waals surface area contributed by atoms with E-state index in [0.29, 0.717) is 24.6 Å². The number of piperidine rings is 1. The Bertz CT molecular complexity index is 1030. The Hall–Kier alpha value is -2.96. The van der Waals surface area contributed by atoms with Crippen molar-refractivity contribution in [1.82, 2.24) is 24.3 Å². The second-order valence-electron chi connectivity index (χ2n) is 6.80. The number of nitrogens with zero attached hydrogens (tertiary/aromatic N) is 4. The summed E-state index contributed by atoms with van der Waals surface area (Å²) in [5.41, 5.74) is 2.86. The number of rotatable bonds is 2. The third kappa shape index (κ3) is 2.89. The maximum absolute atomic E-state index is 12.9. The van der Waals surface area contributed by atoms with E-state index in [1.807, 2.05) is 40.6 Å². The van der Waals surface area contributed by atoms with Crippen molar-refractivity contribution in [1.29, 1.82) is 0 Å². The molecule has 0 atom stereocenters. The first kappa shape index (κ1) is 16.5. The van der Waals surface area contributed by atoms with Crippen LogP contribution >= 0.6 is 0 Å². The number of aromatic amines is 1. The molecule has 1 N–H and O–H groups in total. The highest BCUT2D eigenvalue weighted by atomic mass is 16.2. The van der Waals surface area contributed by atoms with Gasteiger partial charge < -0.3 is 14.3 Å². The molecular weight excluding hydrogens is 330 g/mol. The number of amides is 1. The molecule has 0 bridgehead atoms. The summed E-state index contributed by atoms with van der Waals surface area (Å²) >= 11 is 0. The zero-order valence-corrected chi connectivity index (χ0v) is 14.9. The second kappa shape index (κ2) is 6.40. The first-order chi connectivity index (χ1) is 12.5. The van der Waals surface area contributed by atoms with Crippen molar-refractivity contribution in [2.75, 3.05) is 13.1 Å². The SMILES string of the molecule is Cc1nc(C2CCN(C(=O)c3nc4ccccn4c3C)CC2)cc(=O)[nH]1. The summed E-state index contributed by atoms with van der Waals surface area (Å²) in [6.07, 6.45) is 3.52.